The van der Waals surface area contributed by atoms with Crippen LogP contribution in [0.5, 0.6) is 0 Å². The van der Waals surface area contributed by atoms with E-state index in [0.717, 1.165) is 23.6 Å². The first-order valence-corrected chi connectivity index (χ1v) is 6.56. The summed E-state index contributed by atoms with van der Waals surface area (Å²) in [6.45, 7) is 7.34. The van der Waals surface area contributed by atoms with Gasteiger partial charge in [-0.2, -0.15) is 5.10 Å². The molecule has 0 radical (unpaired) electrons. The maximum atomic E-state index is 7.77. The van der Waals surface area contributed by atoms with E-state index in [0.29, 0.717) is 12.0 Å². The number of hydrogen-bond acceptors (Lipinski definition) is 3. The average molecular weight is 249 g/mol. The Labute approximate surface area is 108 Å². The van der Waals surface area contributed by atoms with Crippen LogP contribution in [-0.4, -0.2) is 28.2 Å². The largest absolute Gasteiger partial charge is 0.384 e. The van der Waals surface area contributed by atoms with E-state index >= 15 is 0 Å². The number of amidine groups is 1. The van der Waals surface area contributed by atoms with Gasteiger partial charge in [0.1, 0.15) is 11.7 Å². The van der Waals surface area contributed by atoms with Gasteiger partial charge in [0.05, 0.1) is 11.3 Å². The first kappa shape index (κ1) is 12.9. The molecule has 18 heavy (non-hydrogen) atoms. The number of aromatic nitrogens is 2. The van der Waals surface area contributed by atoms with Gasteiger partial charge in [-0.15, -0.1) is 0 Å². The van der Waals surface area contributed by atoms with Crippen LogP contribution in [0.3, 0.4) is 0 Å². The summed E-state index contributed by atoms with van der Waals surface area (Å²) in [5, 5.41) is 12.2. The zero-order chi connectivity index (χ0) is 13.4. The molecule has 1 aromatic rings. The van der Waals surface area contributed by atoms with Crippen molar-refractivity contribution in [3.63, 3.8) is 0 Å². The van der Waals surface area contributed by atoms with Crippen molar-refractivity contribution in [1.82, 2.24) is 9.78 Å². The van der Waals surface area contributed by atoms with E-state index in [1.165, 1.54) is 12.8 Å². The quantitative estimate of drug-likeness (QED) is 0.615. The Morgan fingerprint density at radius 1 is 1.56 bits per heavy atom. The number of anilines is 1. The molecule has 0 aromatic carbocycles. The number of nitrogens with two attached hydrogens (primary N) is 1. The fraction of sp³-hybridized carbons (Fsp3) is 0.692. The van der Waals surface area contributed by atoms with E-state index in [1.807, 2.05) is 18.7 Å². The van der Waals surface area contributed by atoms with Gasteiger partial charge in [0, 0.05) is 19.6 Å². The molecule has 1 aromatic heterocycles. The summed E-state index contributed by atoms with van der Waals surface area (Å²) in [5.74, 6) is 1.71. The van der Waals surface area contributed by atoms with E-state index in [1.54, 1.807) is 0 Å². The molecule has 5 heteroatoms. The molecule has 0 atom stereocenters. The molecule has 1 heterocycles. The smallest absolute Gasteiger partial charge is 0.138 e. The first-order chi connectivity index (χ1) is 8.41. The molecule has 0 bridgehead atoms. The Morgan fingerprint density at radius 2 is 2.17 bits per heavy atom. The normalized spacial score (nSPS) is 15.2. The minimum absolute atomic E-state index is 0.116. The van der Waals surface area contributed by atoms with Crippen LogP contribution in [0.4, 0.5) is 5.82 Å². The minimum atomic E-state index is 0.116. The summed E-state index contributed by atoms with van der Waals surface area (Å²) >= 11 is 0. The lowest BCUT2D eigenvalue weighted by atomic mass is 10.1. The van der Waals surface area contributed by atoms with Crippen LogP contribution in [0.2, 0.25) is 0 Å². The maximum Gasteiger partial charge on any atom is 0.138 e. The zero-order valence-electron chi connectivity index (χ0n) is 11.7. The van der Waals surface area contributed by atoms with Crippen molar-refractivity contribution in [3.05, 3.63) is 11.3 Å². The minimum Gasteiger partial charge on any atom is -0.384 e. The molecule has 100 valence electrons. The Hall–Kier alpha value is -1.52. The van der Waals surface area contributed by atoms with Gasteiger partial charge in [0.15, 0.2) is 0 Å². The number of nitrogens with one attached hydrogen (secondary N) is 1. The summed E-state index contributed by atoms with van der Waals surface area (Å²) in [5.41, 5.74) is 7.36. The van der Waals surface area contributed by atoms with E-state index in [4.69, 9.17) is 11.1 Å². The van der Waals surface area contributed by atoms with Crippen LogP contribution >= 0.6 is 0 Å². The molecule has 1 aliphatic carbocycles. The van der Waals surface area contributed by atoms with E-state index in [-0.39, 0.29) is 5.84 Å². The first-order valence-electron chi connectivity index (χ1n) is 6.56. The van der Waals surface area contributed by atoms with Crippen molar-refractivity contribution in [2.45, 2.75) is 39.7 Å². The van der Waals surface area contributed by atoms with Crippen molar-refractivity contribution in [2.75, 3.05) is 11.4 Å². The second-order valence-corrected chi connectivity index (χ2v) is 5.60. The number of rotatable bonds is 5. The monoisotopic (exact) mass is 249 g/mol. The number of nitrogen functional groups attached to an aromatic ring is 1. The fourth-order valence-corrected chi connectivity index (χ4v) is 2.48. The van der Waals surface area contributed by atoms with Crippen LogP contribution in [0.25, 0.3) is 0 Å². The van der Waals surface area contributed by atoms with Crippen LogP contribution in [0, 0.1) is 18.3 Å². The third kappa shape index (κ3) is 2.35. The molecule has 0 saturated heterocycles. The number of nitrogens with zero attached hydrogens (tertiary/aromatic N) is 3. The lowest BCUT2D eigenvalue weighted by molar-refractivity contribution is 0.587. The van der Waals surface area contributed by atoms with Crippen molar-refractivity contribution < 1.29 is 0 Å². The molecule has 0 unspecified atom stereocenters. The topological polar surface area (TPSA) is 70.9 Å². The predicted octanol–water partition coefficient (Wildman–Crippen LogP) is 1.64. The molecule has 0 spiro atoms. The molecule has 1 fully saturated rings. The fourth-order valence-electron chi connectivity index (χ4n) is 2.48. The van der Waals surface area contributed by atoms with Crippen LogP contribution in [0.15, 0.2) is 0 Å². The van der Waals surface area contributed by atoms with Gasteiger partial charge in [-0.1, -0.05) is 13.8 Å². The van der Waals surface area contributed by atoms with Gasteiger partial charge >= 0.3 is 0 Å². The Bertz CT molecular complexity index is 456. The molecule has 5 nitrogen and oxygen atoms in total. The van der Waals surface area contributed by atoms with Gasteiger partial charge in [-0.3, -0.25) is 10.1 Å². The Kier molecular flexibility index (Phi) is 3.32. The molecular formula is C13H23N5. The summed E-state index contributed by atoms with van der Waals surface area (Å²) in [7, 11) is 1.94. The highest BCUT2D eigenvalue weighted by atomic mass is 15.4. The zero-order valence-corrected chi connectivity index (χ0v) is 11.7. The SMILES string of the molecule is Cc1nn(C)c(N(CC(C)C)C2CC2)c1C(=N)N. The third-order valence-corrected chi connectivity index (χ3v) is 3.28. The molecule has 2 rings (SSSR count). The molecule has 3 N–H and O–H groups in total. The standard InChI is InChI=1S/C13H23N5/c1-8(2)7-18(10-5-6-10)13-11(12(14)15)9(3)16-17(13)4/h8,10H,5-7H2,1-4H3,(H3,14,15). The lowest BCUT2D eigenvalue weighted by Crippen LogP contribution is -2.33. The third-order valence-electron chi connectivity index (χ3n) is 3.28. The summed E-state index contributed by atoms with van der Waals surface area (Å²) < 4.78 is 1.87. The average Bonchev–Trinajstić information content (AvgIpc) is 3.00. The van der Waals surface area contributed by atoms with E-state index < -0.39 is 0 Å². The van der Waals surface area contributed by atoms with Crippen molar-refractivity contribution in [3.8, 4) is 0 Å². The lowest BCUT2D eigenvalue weighted by Gasteiger charge is -2.27. The van der Waals surface area contributed by atoms with Gasteiger partial charge in [0.25, 0.3) is 0 Å². The van der Waals surface area contributed by atoms with Gasteiger partial charge in [-0.05, 0) is 25.7 Å². The van der Waals surface area contributed by atoms with Crippen LogP contribution < -0.4 is 10.6 Å². The highest BCUT2D eigenvalue weighted by Crippen LogP contribution is 2.34. The Balaban J connectivity index is 2.43. The highest BCUT2D eigenvalue weighted by molar-refractivity contribution is 6.01. The highest BCUT2D eigenvalue weighted by Gasteiger charge is 2.33. The van der Waals surface area contributed by atoms with Gasteiger partial charge in [-0.25, -0.2) is 0 Å². The van der Waals surface area contributed by atoms with Gasteiger partial charge in [0.2, 0.25) is 0 Å². The summed E-state index contributed by atoms with van der Waals surface area (Å²) in [6, 6.07) is 0.597. The van der Waals surface area contributed by atoms with Crippen LogP contribution in [-0.2, 0) is 7.05 Å². The van der Waals surface area contributed by atoms with Gasteiger partial charge < -0.3 is 10.6 Å². The maximum absolute atomic E-state index is 7.77. The number of hydrogen-bond donors (Lipinski definition) is 2. The van der Waals surface area contributed by atoms with Crippen LogP contribution in [0.1, 0.15) is 37.9 Å². The summed E-state index contributed by atoms with van der Waals surface area (Å²) in [4.78, 5) is 2.38. The summed E-state index contributed by atoms with van der Waals surface area (Å²) in [6.07, 6.45) is 2.46. The van der Waals surface area contributed by atoms with E-state index in [9.17, 15) is 0 Å². The molecule has 1 aliphatic rings. The van der Waals surface area contributed by atoms with Crippen molar-refractivity contribution in [1.29, 1.82) is 5.41 Å². The second-order valence-electron chi connectivity index (χ2n) is 5.60. The Morgan fingerprint density at radius 3 is 2.61 bits per heavy atom. The molecule has 0 aliphatic heterocycles. The van der Waals surface area contributed by atoms with Crippen molar-refractivity contribution in [2.24, 2.45) is 18.7 Å². The van der Waals surface area contributed by atoms with E-state index in [2.05, 4.69) is 23.8 Å². The molecular weight excluding hydrogens is 226 g/mol. The second kappa shape index (κ2) is 4.63. The molecule has 0 amide bonds. The van der Waals surface area contributed by atoms with Crippen molar-refractivity contribution >= 4 is 11.7 Å². The number of aryl methyl sites for hydroxylation is 2. The molecule has 1 saturated carbocycles. The predicted molar refractivity (Wildman–Crippen MR) is 74.2 cm³/mol.